The molecule has 0 amide bonds. The van der Waals surface area contributed by atoms with Crippen LogP contribution in [0.2, 0.25) is 0 Å². The van der Waals surface area contributed by atoms with Crippen molar-refractivity contribution in [2.45, 2.75) is 6.54 Å². The lowest BCUT2D eigenvalue weighted by molar-refractivity contribution is 0.183. The summed E-state index contributed by atoms with van der Waals surface area (Å²) in [6.45, 7) is 1.34. The molecule has 0 bridgehead atoms. The van der Waals surface area contributed by atoms with Crippen molar-refractivity contribution in [1.29, 1.82) is 0 Å². The van der Waals surface area contributed by atoms with E-state index in [1.807, 2.05) is 18.3 Å². The summed E-state index contributed by atoms with van der Waals surface area (Å²) in [5.74, 6) is 0.272. The standard InChI is InChI=1S/C12H14N2O2/c1-16-7-6-14-9-10(8-13-14)11-4-2-3-5-12(11)15/h2-5,8-9,15H,6-7H2,1H3. The van der Waals surface area contributed by atoms with E-state index >= 15 is 0 Å². The monoisotopic (exact) mass is 218 g/mol. The smallest absolute Gasteiger partial charge is 0.123 e. The molecule has 0 saturated heterocycles. The summed E-state index contributed by atoms with van der Waals surface area (Å²) in [6.07, 6.45) is 3.64. The van der Waals surface area contributed by atoms with Crippen LogP contribution < -0.4 is 0 Å². The maximum absolute atomic E-state index is 9.69. The molecule has 0 unspecified atom stereocenters. The number of benzene rings is 1. The SMILES string of the molecule is COCCn1cc(-c2ccccc2O)cn1. The minimum Gasteiger partial charge on any atom is -0.507 e. The Kier molecular flexibility index (Phi) is 3.22. The molecule has 0 radical (unpaired) electrons. The first-order chi connectivity index (χ1) is 7.81. The van der Waals surface area contributed by atoms with E-state index in [-0.39, 0.29) is 5.75 Å². The molecule has 2 aromatic rings. The summed E-state index contributed by atoms with van der Waals surface area (Å²) in [5, 5.41) is 13.9. The number of hydrogen-bond donors (Lipinski definition) is 1. The number of nitrogens with zero attached hydrogens (tertiary/aromatic N) is 2. The molecule has 1 heterocycles. The Morgan fingerprint density at radius 3 is 2.94 bits per heavy atom. The highest BCUT2D eigenvalue weighted by Crippen LogP contribution is 2.27. The van der Waals surface area contributed by atoms with Crippen molar-refractivity contribution in [3.8, 4) is 16.9 Å². The molecule has 0 aliphatic carbocycles. The molecule has 4 heteroatoms. The topological polar surface area (TPSA) is 47.3 Å². The average molecular weight is 218 g/mol. The van der Waals surface area contributed by atoms with Gasteiger partial charge in [-0.05, 0) is 6.07 Å². The number of phenolic OH excluding ortho intramolecular Hbond substituents is 1. The zero-order valence-corrected chi connectivity index (χ0v) is 9.13. The summed E-state index contributed by atoms with van der Waals surface area (Å²) in [7, 11) is 1.66. The molecule has 1 aromatic heterocycles. The Morgan fingerprint density at radius 1 is 1.38 bits per heavy atom. The van der Waals surface area contributed by atoms with Gasteiger partial charge in [-0.25, -0.2) is 0 Å². The lowest BCUT2D eigenvalue weighted by Crippen LogP contribution is -2.03. The summed E-state index contributed by atoms with van der Waals surface area (Å²) in [6, 6.07) is 7.23. The van der Waals surface area contributed by atoms with Crippen molar-refractivity contribution in [2.24, 2.45) is 0 Å². The quantitative estimate of drug-likeness (QED) is 0.852. The van der Waals surface area contributed by atoms with Crippen molar-refractivity contribution < 1.29 is 9.84 Å². The van der Waals surface area contributed by atoms with Gasteiger partial charge in [-0.3, -0.25) is 4.68 Å². The molecular weight excluding hydrogens is 204 g/mol. The van der Waals surface area contributed by atoms with E-state index in [1.54, 1.807) is 30.1 Å². The number of ether oxygens (including phenoxy) is 1. The number of para-hydroxylation sites is 1. The average Bonchev–Trinajstić information content (AvgIpc) is 2.75. The number of rotatable bonds is 4. The second kappa shape index (κ2) is 4.81. The first kappa shape index (κ1) is 10.7. The van der Waals surface area contributed by atoms with Gasteiger partial charge in [-0.1, -0.05) is 18.2 Å². The predicted octanol–water partition coefficient (Wildman–Crippen LogP) is 1.90. The van der Waals surface area contributed by atoms with Gasteiger partial charge in [0.2, 0.25) is 0 Å². The summed E-state index contributed by atoms with van der Waals surface area (Å²) >= 11 is 0. The van der Waals surface area contributed by atoms with Gasteiger partial charge in [0.25, 0.3) is 0 Å². The fourth-order valence-electron chi connectivity index (χ4n) is 1.53. The maximum atomic E-state index is 9.69. The molecule has 4 nitrogen and oxygen atoms in total. The zero-order chi connectivity index (χ0) is 11.4. The second-order valence-electron chi connectivity index (χ2n) is 3.50. The lowest BCUT2D eigenvalue weighted by atomic mass is 10.1. The Labute approximate surface area is 94.1 Å². The maximum Gasteiger partial charge on any atom is 0.123 e. The van der Waals surface area contributed by atoms with Crippen LogP contribution in [-0.2, 0) is 11.3 Å². The van der Waals surface area contributed by atoms with Crippen LogP contribution in [0.4, 0.5) is 0 Å². The van der Waals surface area contributed by atoms with E-state index in [2.05, 4.69) is 5.10 Å². The third kappa shape index (κ3) is 2.23. The molecule has 0 saturated carbocycles. The minimum atomic E-state index is 0.272. The molecule has 0 spiro atoms. The van der Waals surface area contributed by atoms with E-state index in [0.717, 1.165) is 11.1 Å². The van der Waals surface area contributed by atoms with Gasteiger partial charge in [0.15, 0.2) is 0 Å². The van der Waals surface area contributed by atoms with Gasteiger partial charge in [-0.2, -0.15) is 5.10 Å². The normalized spacial score (nSPS) is 10.6. The molecule has 1 N–H and O–H groups in total. The molecule has 0 atom stereocenters. The van der Waals surface area contributed by atoms with Crippen LogP contribution >= 0.6 is 0 Å². The van der Waals surface area contributed by atoms with Gasteiger partial charge in [-0.15, -0.1) is 0 Å². The highest BCUT2D eigenvalue weighted by Gasteiger charge is 2.05. The third-order valence-corrected chi connectivity index (χ3v) is 2.37. The van der Waals surface area contributed by atoms with Crippen molar-refractivity contribution >= 4 is 0 Å². The molecule has 0 fully saturated rings. The number of phenols is 1. The molecule has 16 heavy (non-hydrogen) atoms. The molecule has 1 aromatic carbocycles. The van der Waals surface area contributed by atoms with Gasteiger partial charge >= 0.3 is 0 Å². The minimum absolute atomic E-state index is 0.272. The highest BCUT2D eigenvalue weighted by atomic mass is 16.5. The largest absolute Gasteiger partial charge is 0.507 e. The first-order valence-corrected chi connectivity index (χ1v) is 5.11. The zero-order valence-electron chi connectivity index (χ0n) is 9.13. The number of aromatic nitrogens is 2. The van der Waals surface area contributed by atoms with Crippen LogP contribution in [0.25, 0.3) is 11.1 Å². The number of aromatic hydroxyl groups is 1. The Balaban J connectivity index is 2.22. The van der Waals surface area contributed by atoms with Gasteiger partial charge in [0.05, 0.1) is 19.3 Å². The summed E-state index contributed by atoms with van der Waals surface area (Å²) in [5.41, 5.74) is 1.71. The van der Waals surface area contributed by atoms with E-state index in [4.69, 9.17) is 4.74 Å². The number of methoxy groups -OCH3 is 1. The lowest BCUT2D eigenvalue weighted by Gasteiger charge is -2.00. The van der Waals surface area contributed by atoms with E-state index in [1.165, 1.54) is 0 Å². The van der Waals surface area contributed by atoms with Crippen LogP contribution in [0.3, 0.4) is 0 Å². The van der Waals surface area contributed by atoms with Crippen LogP contribution in [0.15, 0.2) is 36.7 Å². The van der Waals surface area contributed by atoms with Crippen LogP contribution in [0.1, 0.15) is 0 Å². The van der Waals surface area contributed by atoms with Gasteiger partial charge in [0.1, 0.15) is 5.75 Å². The molecule has 2 rings (SSSR count). The Hall–Kier alpha value is -1.81. The van der Waals surface area contributed by atoms with Gasteiger partial charge < -0.3 is 9.84 Å². The molecular formula is C12H14N2O2. The van der Waals surface area contributed by atoms with Crippen molar-refractivity contribution in [2.75, 3.05) is 13.7 Å². The fourth-order valence-corrected chi connectivity index (χ4v) is 1.53. The fraction of sp³-hybridized carbons (Fsp3) is 0.250. The van der Waals surface area contributed by atoms with Crippen LogP contribution in [0, 0.1) is 0 Å². The second-order valence-corrected chi connectivity index (χ2v) is 3.50. The number of hydrogen-bond acceptors (Lipinski definition) is 3. The van der Waals surface area contributed by atoms with Crippen LogP contribution in [0.5, 0.6) is 5.75 Å². The predicted molar refractivity (Wildman–Crippen MR) is 61.2 cm³/mol. The highest BCUT2D eigenvalue weighted by molar-refractivity contribution is 5.68. The molecule has 0 aliphatic rings. The third-order valence-electron chi connectivity index (χ3n) is 2.37. The Bertz CT molecular complexity index is 466. The van der Waals surface area contributed by atoms with Crippen molar-refractivity contribution in [1.82, 2.24) is 9.78 Å². The molecule has 84 valence electrons. The van der Waals surface area contributed by atoms with Crippen molar-refractivity contribution in [3.63, 3.8) is 0 Å². The van der Waals surface area contributed by atoms with E-state index in [9.17, 15) is 5.11 Å². The molecule has 0 aliphatic heterocycles. The summed E-state index contributed by atoms with van der Waals surface area (Å²) < 4.78 is 6.77. The summed E-state index contributed by atoms with van der Waals surface area (Å²) in [4.78, 5) is 0. The van der Waals surface area contributed by atoms with Gasteiger partial charge in [0, 0.05) is 24.4 Å². The first-order valence-electron chi connectivity index (χ1n) is 5.11. The van der Waals surface area contributed by atoms with E-state index < -0.39 is 0 Å². The van der Waals surface area contributed by atoms with Crippen LogP contribution in [-0.4, -0.2) is 28.6 Å². The Morgan fingerprint density at radius 2 is 2.19 bits per heavy atom. The van der Waals surface area contributed by atoms with E-state index in [0.29, 0.717) is 13.2 Å². The van der Waals surface area contributed by atoms with Crippen molar-refractivity contribution in [3.05, 3.63) is 36.7 Å².